The van der Waals surface area contributed by atoms with E-state index in [1.165, 1.54) is 11.1 Å². The summed E-state index contributed by atoms with van der Waals surface area (Å²) < 4.78 is 1.91. The van der Waals surface area contributed by atoms with Gasteiger partial charge in [0.05, 0.1) is 11.7 Å². The highest BCUT2D eigenvalue weighted by molar-refractivity contribution is 5.91. The van der Waals surface area contributed by atoms with Gasteiger partial charge in [-0.2, -0.15) is 5.10 Å². The van der Waals surface area contributed by atoms with Crippen molar-refractivity contribution in [2.75, 3.05) is 18.0 Å². The molecule has 2 aromatic heterocycles. The van der Waals surface area contributed by atoms with Crippen LogP contribution in [0.3, 0.4) is 0 Å². The Morgan fingerprint density at radius 2 is 1.87 bits per heavy atom. The minimum atomic E-state index is 0.0164. The SMILES string of the molecule is Cc1ccc(C(C)NC(=O)C2CCN(c3nccc4c(C)nn(C)c34)CC2)cc1C. The zero-order valence-electron chi connectivity index (χ0n) is 18.6. The first-order valence-corrected chi connectivity index (χ1v) is 10.8. The molecule has 6 heteroatoms. The topological polar surface area (TPSA) is 63.1 Å². The fourth-order valence-corrected chi connectivity index (χ4v) is 4.42. The molecule has 30 heavy (non-hydrogen) atoms. The van der Waals surface area contributed by atoms with Crippen LogP contribution in [0.1, 0.15) is 48.2 Å². The number of carbonyl (C=O) groups is 1. The summed E-state index contributed by atoms with van der Waals surface area (Å²) >= 11 is 0. The second-order valence-corrected chi connectivity index (χ2v) is 8.58. The first kappa shape index (κ1) is 20.4. The second-order valence-electron chi connectivity index (χ2n) is 8.58. The minimum absolute atomic E-state index is 0.0164. The van der Waals surface area contributed by atoms with Crippen LogP contribution in [0.15, 0.2) is 30.5 Å². The molecule has 0 saturated carbocycles. The minimum Gasteiger partial charge on any atom is -0.355 e. The molecular formula is C24H31N5O. The number of carbonyl (C=O) groups excluding carboxylic acids is 1. The van der Waals surface area contributed by atoms with E-state index in [1.54, 1.807) is 0 Å². The Kier molecular flexibility index (Phi) is 5.50. The van der Waals surface area contributed by atoms with Crippen molar-refractivity contribution in [2.45, 2.75) is 46.6 Å². The standard InChI is InChI=1S/C24H31N5O/c1-15-6-7-20(14-16(15)2)17(3)26-24(30)19-9-12-29(13-10-19)23-22-21(8-11-25-23)18(4)27-28(22)5/h6-8,11,14,17,19H,9-10,12-13H2,1-5H3,(H,26,30). The molecule has 0 bridgehead atoms. The Labute approximate surface area is 178 Å². The van der Waals surface area contributed by atoms with Gasteiger partial charge in [-0.05, 0) is 63.3 Å². The van der Waals surface area contributed by atoms with Crippen LogP contribution in [-0.2, 0) is 11.8 Å². The number of rotatable bonds is 4. The molecule has 1 aliphatic rings. The largest absolute Gasteiger partial charge is 0.355 e. The van der Waals surface area contributed by atoms with Gasteiger partial charge >= 0.3 is 0 Å². The van der Waals surface area contributed by atoms with Crippen LogP contribution in [-0.4, -0.2) is 33.8 Å². The number of benzene rings is 1. The highest BCUT2D eigenvalue weighted by Gasteiger charge is 2.28. The van der Waals surface area contributed by atoms with Gasteiger partial charge in [-0.3, -0.25) is 9.48 Å². The van der Waals surface area contributed by atoms with E-state index in [9.17, 15) is 4.79 Å². The van der Waals surface area contributed by atoms with Crippen molar-refractivity contribution in [3.8, 4) is 0 Å². The number of hydrogen-bond acceptors (Lipinski definition) is 4. The van der Waals surface area contributed by atoms with Crippen molar-refractivity contribution in [2.24, 2.45) is 13.0 Å². The van der Waals surface area contributed by atoms with Gasteiger partial charge in [0, 0.05) is 37.6 Å². The van der Waals surface area contributed by atoms with Crippen LogP contribution in [0, 0.1) is 26.7 Å². The van der Waals surface area contributed by atoms with Gasteiger partial charge in [0.25, 0.3) is 0 Å². The molecule has 0 spiro atoms. The predicted octanol–water partition coefficient (Wildman–Crippen LogP) is 3.99. The molecule has 1 N–H and O–H groups in total. The molecule has 3 aromatic rings. The maximum atomic E-state index is 12.9. The molecule has 0 aliphatic carbocycles. The number of nitrogens with one attached hydrogen (secondary N) is 1. The van der Waals surface area contributed by atoms with Crippen LogP contribution in [0.5, 0.6) is 0 Å². The van der Waals surface area contributed by atoms with E-state index in [0.29, 0.717) is 0 Å². The number of aryl methyl sites for hydroxylation is 4. The number of aromatic nitrogens is 3. The Balaban J connectivity index is 1.41. The van der Waals surface area contributed by atoms with Crippen molar-refractivity contribution in [1.82, 2.24) is 20.1 Å². The molecule has 1 amide bonds. The third-order valence-corrected chi connectivity index (χ3v) is 6.47. The van der Waals surface area contributed by atoms with Crippen molar-refractivity contribution >= 4 is 22.6 Å². The fourth-order valence-electron chi connectivity index (χ4n) is 4.42. The van der Waals surface area contributed by atoms with Gasteiger partial charge in [-0.1, -0.05) is 18.2 Å². The van der Waals surface area contributed by atoms with E-state index in [-0.39, 0.29) is 17.9 Å². The van der Waals surface area contributed by atoms with Crippen molar-refractivity contribution in [3.63, 3.8) is 0 Å². The third kappa shape index (κ3) is 3.78. The first-order chi connectivity index (χ1) is 14.3. The molecule has 1 aromatic carbocycles. The van der Waals surface area contributed by atoms with Gasteiger partial charge in [0.2, 0.25) is 5.91 Å². The molecule has 1 saturated heterocycles. The van der Waals surface area contributed by atoms with Crippen molar-refractivity contribution in [3.05, 3.63) is 52.8 Å². The molecule has 4 rings (SSSR count). The van der Waals surface area contributed by atoms with Crippen LogP contribution in [0.2, 0.25) is 0 Å². The maximum absolute atomic E-state index is 12.9. The van der Waals surface area contributed by atoms with Gasteiger partial charge in [-0.25, -0.2) is 4.98 Å². The normalized spacial score (nSPS) is 16.1. The summed E-state index contributed by atoms with van der Waals surface area (Å²) in [6.45, 7) is 9.96. The number of fused-ring (bicyclic) bond motifs is 1. The predicted molar refractivity (Wildman–Crippen MR) is 121 cm³/mol. The summed E-state index contributed by atoms with van der Waals surface area (Å²) in [4.78, 5) is 19.8. The van der Waals surface area contributed by atoms with Crippen LogP contribution in [0.25, 0.3) is 10.9 Å². The van der Waals surface area contributed by atoms with Gasteiger partial charge < -0.3 is 10.2 Å². The monoisotopic (exact) mass is 405 g/mol. The molecular weight excluding hydrogens is 374 g/mol. The molecule has 1 unspecified atom stereocenters. The molecule has 6 nitrogen and oxygen atoms in total. The number of pyridine rings is 1. The summed E-state index contributed by atoms with van der Waals surface area (Å²) in [5.41, 5.74) is 5.78. The summed E-state index contributed by atoms with van der Waals surface area (Å²) in [7, 11) is 1.97. The lowest BCUT2D eigenvalue weighted by atomic mass is 9.94. The average molecular weight is 406 g/mol. The number of nitrogens with zero attached hydrogens (tertiary/aromatic N) is 4. The van der Waals surface area contributed by atoms with Crippen molar-refractivity contribution in [1.29, 1.82) is 0 Å². The Hall–Kier alpha value is -2.89. The van der Waals surface area contributed by atoms with E-state index in [1.807, 2.05) is 30.9 Å². The van der Waals surface area contributed by atoms with Gasteiger partial charge in [-0.15, -0.1) is 0 Å². The molecule has 1 atom stereocenters. The zero-order valence-corrected chi connectivity index (χ0v) is 18.6. The second kappa shape index (κ2) is 8.09. The lowest BCUT2D eigenvalue weighted by Crippen LogP contribution is -2.41. The van der Waals surface area contributed by atoms with Crippen LogP contribution < -0.4 is 10.2 Å². The summed E-state index contributed by atoms with van der Waals surface area (Å²) in [6, 6.07) is 8.45. The molecule has 158 valence electrons. The fraction of sp³-hybridized carbons (Fsp3) is 0.458. The first-order valence-electron chi connectivity index (χ1n) is 10.8. The molecule has 3 heterocycles. The maximum Gasteiger partial charge on any atom is 0.223 e. The highest BCUT2D eigenvalue weighted by Crippen LogP contribution is 2.30. The quantitative estimate of drug-likeness (QED) is 0.713. The smallest absolute Gasteiger partial charge is 0.223 e. The molecule has 1 fully saturated rings. The van der Waals surface area contributed by atoms with E-state index >= 15 is 0 Å². The average Bonchev–Trinajstić information content (AvgIpc) is 3.04. The summed E-state index contributed by atoms with van der Waals surface area (Å²) in [5, 5.41) is 8.91. The van der Waals surface area contributed by atoms with E-state index in [0.717, 1.165) is 53.9 Å². The van der Waals surface area contributed by atoms with Gasteiger partial charge in [0.15, 0.2) is 5.82 Å². The zero-order chi connectivity index (χ0) is 21.4. The third-order valence-electron chi connectivity index (χ3n) is 6.47. The summed E-state index contributed by atoms with van der Waals surface area (Å²) in [5.74, 6) is 1.17. The lowest BCUT2D eigenvalue weighted by molar-refractivity contribution is -0.126. The van der Waals surface area contributed by atoms with Crippen LogP contribution >= 0.6 is 0 Å². The number of hydrogen-bond donors (Lipinski definition) is 1. The number of piperidine rings is 1. The van der Waals surface area contributed by atoms with E-state index in [2.05, 4.69) is 59.3 Å². The van der Waals surface area contributed by atoms with Gasteiger partial charge in [0.1, 0.15) is 5.52 Å². The van der Waals surface area contributed by atoms with E-state index in [4.69, 9.17) is 0 Å². The Bertz CT molecular complexity index is 1080. The molecule has 0 radical (unpaired) electrons. The van der Waals surface area contributed by atoms with Crippen molar-refractivity contribution < 1.29 is 4.79 Å². The number of amides is 1. The molecule has 1 aliphatic heterocycles. The highest BCUT2D eigenvalue weighted by atomic mass is 16.1. The van der Waals surface area contributed by atoms with E-state index < -0.39 is 0 Å². The summed E-state index contributed by atoms with van der Waals surface area (Å²) in [6.07, 6.45) is 3.52. The number of anilines is 1. The van der Waals surface area contributed by atoms with Crippen LogP contribution in [0.4, 0.5) is 5.82 Å². The lowest BCUT2D eigenvalue weighted by Gasteiger charge is -2.33. The Morgan fingerprint density at radius 1 is 1.13 bits per heavy atom. The Morgan fingerprint density at radius 3 is 2.57 bits per heavy atom.